The highest BCUT2D eigenvalue weighted by Gasteiger charge is 2.33. The van der Waals surface area contributed by atoms with E-state index in [1.165, 1.54) is 18.9 Å². The predicted molar refractivity (Wildman–Crippen MR) is 121 cm³/mol. The Morgan fingerprint density at radius 2 is 1.90 bits per heavy atom. The molecule has 9 heteroatoms. The normalized spacial score (nSPS) is 15.2. The summed E-state index contributed by atoms with van der Waals surface area (Å²) >= 11 is 7.30. The van der Waals surface area contributed by atoms with Crippen molar-refractivity contribution in [2.45, 2.75) is 23.2 Å². The van der Waals surface area contributed by atoms with Crippen molar-refractivity contribution < 1.29 is 14.3 Å². The van der Waals surface area contributed by atoms with Crippen LogP contribution in [0.5, 0.6) is 11.5 Å². The summed E-state index contributed by atoms with van der Waals surface area (Å²) in [7, 11) is 3.08. The Morgan fingerprint density at radius 3 is 2.61 bits per heavy atom. The SMILES string of the molecule is COc1cccc([C@H]2CC(=O)Nc3nc(SCc4ccc(Cl)cc4)[nH]c(=O)c32)c1OC. The van der Waals surface area contributed by atoms with Gasteiger partial charge in [-0.2, -0.15) is 0 Å². The van der Waals surface area contributed by atoms with Crippen molar-refractivity contribution in [3.63, 3.8) is 0 Å². The van der Waals surface area contributed by atoms with Crippen molar-refractivity contribution in [2.75, 3.05) is 19.5 Å². The predicted octanol–water partition coefficient (Wildman–Crippen LogP) is 4.21. The van der Waals surface area contributed by atoms with Gasteiger partial charge in [0.1, 0.15) is 5.82 Å². The van der Waals surface area contributed by atoms with E-state index in [0.717, 1.165) is 5.56 Å². The van der Waals surface area contributed by atoms with Crippen molar-refractivity contribution in [3.05, 3.63) is 74.5 Å². The van der Waals surface area contributed by atoms with E-state index in [-0.39, 0.29) is 23.7 Å². The minimum atomic E-state index is -0.500. The van der Waals surface area contributed by atoms with E-state index < -0.39 is 5.92 Å². The third-order valence-corrected chi connectivity index (χ3v) is 6.22. The number of benzene rings is 2. The second kappa shape index (κ2) is 9.03. The summed E-state index contributed by atoms with van der Waals surface area (Å²) in [5.41, 5.74) is 1.85. The van der Waals surface area contributed by atoms with Crippen LogP contribution in [-0.4, -0.2) is 30.1 Å². The van der Waals surface area contributed by atoms with Crippen LogP contribution in [0.15, 0.2) is 52.4 Å². The number of nitrogens with one attached hydrogen (secondary N) is 2. The van der Waals surface area contributed by atoms with Crippen LogP contribution in [-0.2, 0) is 10.5 Å². The van der Waals surface area contributed by atoms with Gasteiger partial charge in [-0.1, -0.05) is 47.6 Å². The van der Waals surface area contributed by atoms with E-state index in [0.29, 0.717) is 38.6 Å². The van der Waals surface area contributed by atoms with Crippen molar-refractivity contribution >= 4 is 35.1 Å². The van der Waals surface area contributed by atoms with Gasteiger partial charge < -0.3 is 19.8 Å². The first kappa shape index (κ1) is 21.3. The summed E-state index contributed by atoms with van der Waals surface area (Å²) in [5, 5.41) is 3.83. The molecule has 1 atom stereocenters. The molecule has 2 aromatic carbocycles. The molecule has 0 radical (unpaired) electrons. The fourth-order valence-corrected chi connectivity index (χ4v) is 4.55. The second-order valence-electron chi connectivity index (χ2n) is 6.94. The maximum absolute atomic E-state index is 13.0. The zero-order valence-corrected chi connectivity index (χ0v) is 18.5. The number of hydrogen-bond acceptors (Lipinski definition) is 6. The van der Waals surface area contributed by atoms with Crippen LogP contribution < -0.4 is 20.3 Å². The summed E-state index contributed by atoms with van der Waals surface area (Å²) in [6.45, 7) is 0. The number of carbonyl (C=O) groups is 1. The zero-order valence-electron chi connectivity index (χ0n) is 16.9. The van der Waals surface area contributed by atoms with Gasteiger partial charge in [0.25, 0.3) is 5.56 Å². The van der Waals surface area contributed by atoms with E-state index in [1.807, 2.05) is 30.3 Å². The molecule has 0 spiro atoms. The highest BCUT2D eigenvalue weighted by Crippen LogP contribution is 2.42. The molecule has 31 heavy (non-hydrogen) atoms. The lowest BCUT2D eigenvalue weighted by Crippen LogP contribution is -2.31. The van der Waals surface area contributed by atoms with Gasteiger partial charge >= 0.3 is 0 Å². The van der Waals surface area contributed by atoms with E-state index in [1.54, 1.807) is 19.2 Å². The summed E-state index contributed by atoms with van der Waals surface area (Å²) < 4.78 is 10.9. The average molecular weight is 458 g/mol. The molecular weight excluding hydrogens is 438 g/mol. The Balaban J connectivity index is 1.69. The van der Waals surface area contributed by atoms with Crippen LogP contribution in [0.25, 0.3) is 0 Å². The number of ether oxygens (including phenoxy) is 2. The van der Waals surface area contributed by atoms with E-state index in [9.17, 15) is 9.59 Å². The van der Waals surface area contributed by atoms with Crippen molar-refractivity contribution in [1.82, 2.24) is 9.97 Å². The number of para-hydroxylation sites is 1. The molecule has 0 saturated carbocycles. The van der Waals surface area contributed by atoms with E-state index >= 15 is 0 Å². The number of nitrogens with zero attached hydrogens (tertiary/aromatic N) is 1. The van der Waals surface area contributed by atoms with Gasteiger partial charge in [-0.3, -0.25) is 9.59 Å². The fourth-order valence-electron chi connectivity index (χ4n) is 3.60. The van der Waals surface area contributed by atoms with Gasteiger partial charge in [0.2, 0.25) is 5.91 Å². The molecule has 7 nitrogen and oxygen atoms in total. The highest BCUT2D eigenvalue weighted by atomic mass is 35.5. The molecule has 0 aliphatic carbocycles. The summed E-state index contributed by atoms with van der Waals surface area (Å²) in [6.07, 6.45) is 0.110. The number of hydrogen-bond donors (Lipinski definition) is 2. The molecule has 2 N–H and O–H groups in total. The minimum Gasteiger partial charge on any atom is -0.493 e. The lowest BCUT2D eigenvalue weighted by molar-refractivity contribution is -0.116. The summed E-state index contributed by atoms with van der Waals surface area (Å²) in [6, 6.07) is 12.9. The standard InChI is InChI=1S/C22H20ClN3O4S/c1-29-16-5-3-4-14(19(16)30-2)15-10-17(27)24-20-18(15)21(28)26-22(25-20)31-11-12-6-8-13(23)9-7-12/h3-9,15H,10-11H2,1-2H3,(H2,24,25,26,27,28)/t15-/m1/s1. The fraction of sp³-hybridized carbons (Fsp3) is 0.227. The van der Waals surface area contributed by atoms with E-state index in [4.69, 9.17) is 21.1 Å². The van der Waals surface area contributed by atoms with Gasteiger partial charge in [-0.15, -0.1) is 0 Å². The van der Waals surface area contributed by atoms with Crippen LogP contribution in [0.2, 0.25) is 5.02 Å². The molecule has 0 saturated heterocycles. The second-order valence-corrected chi connectivity index (χ2v) is 8.34. The largest absolute Gasteiger partial charge is 0.493 e. The molecule has 1 aromatic heterocycles. The molecule has 0 unspecified atom stereocenters. The zero-order chi connectivity index (χ0) is 22.0. The third-order valence-electron chi connectivity index (χ3n) is 5.03. The highest BCUT2D eigenvalue weighted by molar-refractivity contribution is 7.98. The monoisotopic (exact) mass is 457 g/mol. The van der Waals surface area contributed by atoms with Crippen LogP contribution in [0, 0.1) is 0 Å². The number of anilines is 1. The number of aromatic nitrogens is 2. The number of halogens is 1. The molecule has 1 amide bonds. The first-order valence-electron chi connectivity index (χ1n) is 9.52. The number of thioether (sulfide) groups is 1. The lowest BCUT2D eigenvalue weighted by atomic mass is 9.86. The summed E-state index contributed by atoms with van der Waals surface area (Å²) in [4.78, 5) is 32.8. The maximum Gasteiger partial charge on any atom is 0.257 e. The molecule has 0 fully saturated rings. The van der Waals surface area contributed by atoms with Crippen molar-refractivity contribution in [3.8, 4) is 11.5 Å². The first-order chi connectivity index (χ1) is 15.0. The van der Waals surface area contributed by atoms with Gasteiger partial charge in [0, 0.05) is 28.7 Å². The topological polar surface area (TPSA) is 93.3 Å². The Bertz CT molecular complexity index is 1180. The number of amides is 1. The number of rotatable bonds is 6. The summed E-state index contributed by atoms with van der Waals surface area (Å²) in [5.74, 6) is 1.19. The van der Waals surface area contributed by atoms with Crippen LogP contribution in [0.3, 0.4) is 0 Å². The number of methoxy groups -OCH3 is 2. The van der Waals surface area contributed by atoms with Crippen LogP contribution >= 0.6 is 23.4 Å². The molecule has 1 aliphatic rings. The number of carbonyl (C=O) groups excluding carboxylic acids is 1. The van der Waals surface area contributed by atoms with Gasteiger partial charge in [-0.05, 0) is 23.8 Å². The first-order valence-corrected chi connectivity index (χ1v) is 10.9. The molecule has 4 rings (SSSR count). The third kappa shape index (κ3) is 4.40. The molecular formula is C22H20ClN3O4S. The number of H-pyrrole nitrogens is 1. The Labute approximate surface area is 188 Å². The maximum atomic E-state index is 13.0. The van der Waals surface area contributed by atoms with Gasteiger partial charge in [0.15, 0.2) is 16.7 Å². The molecule has 0 bridgehead atoms. The molecule has 160 valence electrons. The smallest absolute Gasteiger partial charge is 0.257 e. The number of aromatic amines is 1. The van der Waals surface area contributed by atoms with Gasteiger partial charge in [-0.25, -0.2) is 4.98 Å². The van der Waals surface area contributed by atoms with E-state index in [2.05, 4.69) is 15.3 Å². The van der Waals surface area contributed by atoms with Crippen LogP contribution in [0.1, 0.15) is 29.0 Å². The van der Waals surface area contributed by atoms with Crippen molar-refractivity contribution in [2.24, 2.45) is 0 Å². The number of fused-ring (bicyclic) bond motifs is 1. The molecule has 2 heterocycles. The van der Waals surface area contributed by atoms with Crippen molar-refractivity contribution in [1.29, 1.82) is 0 Å². The molecule has 1 aliphatic heterocycles. The quantitative estimate of drug-likeness (QED) is 0.425. The average Bonchev–Trinajstić information content (AvgIpc) is 2.77. The Kier molecular flexibility index (Phi) is 6.20. The Hall–Kier alpha value is -2.97. The van der Waals surface area contributed by atoms with Crippen LogP contribution in [0.4, 0.5) is 5.82 Å². The lowest BCUT2D eigenvalue weighted by Gasteiger charge is -2.26. The minimum absolute atomic E-state index is 0.110. The Morgan fingerprint density at radius 1 is 1.13 bits per heavy atom. The van der Waals surface area contributed by atoms with Gasteiger partial charge in [0.05, 0.1) is 19.8 Å². The molecule has 3 aromatic rings.